The second-order valence-electron chi connectivity index (χ2n) is 6.45. The average molecular weight is 336 g/mol. The fourth-order valence-corrected chi connectivity index (χ4v) is 3.36. The van der Waals surface area contributed by atoms with E-state index in [4.69, 9.17) is 4.98 Å². The lowest BCUT2D eigenvalue weighted by molar-refractivity contribution is 0.102. The maximum absolute atomic E-state index is 12.8. The van der Waals surface area contributed by atoms with Crippen LogP contribution in [-0.4, -0.2) is 25.5 Å². The van der Waals surface area contributed by atoms with Crippen molar-refractivity contribution >= 4 is 22.8 Å². The third-order valence-electron chi connectivity index (χ3n) is 4.59. The highest BCUT2D eigenvalue weighted by Crippen LogP contribution is 2.26. The molecule has 4 rings (SSSR count). The van der Waals surface area contributed by atoms with Gasteiger partial charge in [-0.3, -0.25) is 4.79 Å². The van der Waals surface area contributed by atoms with Gasteiger partial charge in [0, 0.05) is 18.7 Å². The van der Waals surface area contributed by atoms with Gasteiger partial charge in [0.25, 0.3) is 5.91 Å². The number of aromatic nitrogens is 3. The summed E-state index contributed by atoms with van der Waals surface area (Å²) >= 11 is 0. The number of carbonyl (C=O) groups is 1. The molecular formula is C19H20N4O2. The van der Waals surface area contributed by atoms with E-state index in [1.165, 1.54) is 6.42 Å². The molecule has 0 radical (unpaired) electrons. The van der Waals surface area contributed by atoms with E-state index in [0.717, 1.165) is 43.0 Å². The number of fused-ring (bicyclic) bond motifs is 3. The lowest BCUT2D eigenvalue weighted by Gasteiger charge is -2.09. The van der Waals surface area contributed by atoms with Crippen molar-refractivity contribution in [3.8, 4) is 5.75 Å². The van der Waals surface area contributed by atoms with Crippen LogP contribution in [-0.2, 0) is 13.0 Å². The highest BCUT2D eigenvalue weighted by Gasteiger charge is 2.21. The second-order valence-corrected chi connectivity index (χ2v) is 6.45. The lowest BCUT2D eigenvalue weighted by Crippen LogP contribution is -2.13. The van der Waals surface area contributed by atoms with Crippen LogP contribution in [0.3, 0.4) is 0 Å². The highest BCUT2D eigenvalue weighted by atomic mass is 16.3. The van der Waals surface area contributed by atoms with Crippen LogP contribution in [0.2, 0.25) is 0 Å². The Labute approximate surface area is 145 Å². The van der Waals surface area contributed by atoms with Gasteiger partial charge in [0.1, 0.15) is 17.1 Å². The number of anilines is 1. The number of nitrogens with zero attached hydrogens (tertiary/aromatic N) is 3. The van der Waals surface area contributed by atoms with E-state index in [-0.39, 0.29) is 11.7 Å². The molecule has 1 aliphatic rings. The molecule has 3 heterocycles. The van der Waals surface area contributed by atoms with E-state index < -0.39 is 0 Å². The molecule has 3 aromatic rings. The SMILES string of the molecule is Cc1cc(C(=O)Nc2ccccc2O)c2nc3n(c2n1)CCCCC3. The molecule has 128 valence electrons. The molecule has 2 aromatic heterocycles. The number of hydrogen-bond donors (Lipinski definition) is 2. The zero-order valence-electron chi connectivity index (χ0n) is 14.1. The quantitative estimate of drug-likeness (QED) is 0.703. The van der Waals surface area contributed by atoms with E-state index >= 15 is 0 Å². The van der Waals surface area contributed by atoms with E-state index in [2.05, 4.69) is 14.9 Å². The summed E-state index contributed by atoms with van der Waals surface area (Å²) in [5.74, 6) is 0.756. The van der Waals surface area contributed by atoms with Gasteiger partial charge >= 0.3 is 0 Å². The Morgan fingerprint density at radius 3 is 2.88 bits per heavy atom. The molecule has 2 N–H and O–H groups in total. The number of nitrogens with one attached hydrogen (secondary N) is 1. The first-order chi connectivity index (χ1) is 12.1. The fourth-order valence-electron chi connectivity index (χ4n) is 3.36. The van der Waals surface area contributed by atoms with Crippen LogP contribution in [0, 0.1) is 6.92 Å². The van der Waals surface area contributed by atoms with Crippen molar-refractivity contribution in [3.63, 3.8) is 0 Å². The number of amides is 1. The second kappa shape index (κ2) is 6.20. The van der Waals surface area contributed by atoms with Gasteiger partial charge in [0.15, 0.2) is 5.65 Å². The maximum atomic E-state index is 12.8. The molecule has 0 fully saturated rings. The number of carbonyl (C=O) groups excluding carboxylic acids is 1. The number of phenols is 1. The number of aromatic hydroxyl groups is 1. The molecule has 0 aliphatic carbocycles. The number of hydrogen-bond acceptors (Lipinski definition) is 4. The fraction of sp³-hybridized carbons (Fsp3) is 0.316. The smallest absolute Gasteiger partial charge is 0.258 e. The minimum Gasteiger partial charge on any atom is -0.506 e. The molecule has 0 saturated heterocycles. The number of aryl methyl sites for hydroxylation is 3. The zero-order chi connectivity index (χ0) is 17.4. The molecule has 0 atom stereocenters. The van der Waals surface area contributed by atoms with E-state index in [9.17, 15) is 9.90 Å². The molecule has 6 heteroatoms. The minimum atomic E-state index is -0.287. The highest BCUT2D eigenvalue weighted by molar-refractivity contribution is 6.11. The number of imidazole rings is 1. The number of pyridine rings is 1. The van der Waals surface area contributed by atoms with Crippen LogP contribution in [0.1, 0.15) is 41.1 Å². The summed E-state index contributed by atoms with van der Waals surface area (Å²) in [4.78, 5) is 22.2. The van der Waals surface area contributed by atoms with E-state index in [1.807, 2.05) is 6.92 Å². The summed E-state index contributed by atoms with van der Waals surface area (Å²) in [6.45, 7) is 2.77. The summed E-state index contributed by atoms with van der Waals surface area (Å²) < 4.78 is 2.14. The van der Waals surface area contributed by atoms with Crippen LogP contribution >= 0.6 is 0 Å². The molecule has 1 aliphatic heterocycles. The summed E-state index contributed by atoms with van der Waals surface area (Å²) in [5, 5.41) is 12.7. The third kappa shape index (κ3) is 2.84. The summed E-state index contributed by atoms with van der Waals surface area (Å²) in [5.41, 5.74) is 3.07. The van der Waals surface area contributed by atoms with E-state index in [1.54, 1.807) is 30.3 Å². The molecule has 0 bridgehead atoms. The van der Waals surface area contributed by atoms with Crippen LogP contribution in [0.4, 0.5) is 5.69 Å². The monoisotopic (exact) mass is 336 g/mol. The number of phenolic OH excluding ortho intramolecular Hbond substituents is 1. The van der Waals surface area contributed by atoms with Gasteiger partial charge in [0.2, 0.25) is 0 Å². The van der Waals surface area contributed by atoms with Crippen molar-refractivity contribution in [1.29, 1.82) is 0 Å². The maximum Gasteiger partial charge on any atom is 0.258 e. The van der Waals surface area contributed by atoms with Crippen LogP contribution in [0.25, 0.3) is 11.2 Å². The van der Waals surface area contributed by atoms with Crippen LogP contribution in [0.5, 0.6) is 5.75 Å². The molecule has 0 spiro atoms. The Morgan fingerprint density at radius 1 is 1.20 bits per heavy atom. The molecule has 0 saturated carbocycles. The molecule has 0 unspecified atom stereocenters. The first-order valence-corrected chi connectivity index (χ1v) is 8.59. The van der Waals surface area contributed by atoms with Crippen molar-refractivity contribution in [2.75, 3.05) is 5.32 Å². The first-order valence-electron chi connectivity index (χ1n) is 8.59. The Morgan fingerprint density at radius 2 is 2.04 bits per heavy atom. The standard InChI is InChI=1S/C19H20N4O2/c1-12-11-13(19(25)21-14-7-4-5-8-15(14)24)17-18(20-12)23-10-6-2-3-9-16(23)22-17/h4-5,7-8,11,24H,2-3,6,9-10H2,1H3,(H,21,25). The van der Waals surface area contributed by atoms with E-state index in [0.29, 0.717) is 16.8 Å². The zero-order valence-corrected chi connectivity index (χ0v) is 14.1. The average Bonchev–Trinajstić information content (AvgIpc) is 2.78. The van der Waals surface area contributed by atoms with Gasteiger partial charge in [0.05, 0.1) is 11.3 Å². The Hall–Kier alpha value is -2.89. The minimum absolute atomic E-state index is 0.0403. The Bertz CT molecular complexity index is 961. The Kier molecular flexibility index (Phi) is 3.87. The van der Waals surface area contributed by atoms with Gasteiger partial charge in [-0.1, -0.05) is 18.6 Å². The van der Waals surface area contributed by atoms with Gasteiger partial charge in [-0.15, -0.1) is 0 Å². The number of benzene rings is 1. The molecule has 1 amide bonds. The number of para-hydroxylation sites is 2. The predicted octanol–water partition coefficient (Wildman–Crippen LogP) is 3.42. The van der Waals surface area contributed by atoms with Gasteiger partial charge in [-0.2, -0.15) is 0 Å². The van der Waals surface area contributed by atoms with Crippen LogP contribution in [0.15, 0.2) is 30.3 Å². The summed E-state index contributed by atoms with van der Waals surface area (Å²) in [7, 11) is 0. The van der Waals surface area contributed by atoms with Gasteiger partial charge in [-0.25, -0.2) is 9.97 Å². The van der Waals surface area contributed by atoms with Crippen molar-refractivity contribution in [3.05, 3.63) is 47.4 Å². The number of rotatable bonds is 2. The third-order valence-corrected chi connectivity index (χ3v) is 4.59. The van der Waals surface area contributed by atoms with Crippen LogP contribution < -0.4 is 5.32 Å². The van der Waals surface area contributed by atoms with Gasteiger partial charge in [-0.05, 0) is 38.0 Å². The molecule has 25 heavy (non-hydrogen) atoms. The van der Waals surface area contributed by atoms with Crippen molar-refractivity contribution in [2.24, 2.45) is 0 Å². The lowest BCUT2D eigenvalue weighted by atomic mass is 10.1. The van der Waals surface area contributed by atoms with Gasteiger partial charge < -0.3 is 15.0 Å². The largest absolute Gasteiger partial charge is 0.506 e. The summed E-state index contributed by atoms with van der Waals surface area (Å²) in [6, 6.07) is 8.45. The molecular weight excluding hydrogens is 316 g/mol. The van der Waals surface area contributed by atoms with Crippen molar-refractivity contribution in [2.45, 2.75) is 39.2 Å². The Balaban J connectivity index is 1.79. The molecule has 1 aromatic carbocycles. The topological polar surface area (TPSA) is 80.0 Å². The molecule has 6 nitrogen and oxygen atoms in total. The predicted molar refractivity (Wildman–Crippen MR) is 95.9 cm³/mol. The normalized spacial score (nSPS) is 14.1. The van der Waals surface area contributed by atoms with Crippen molar-refractivity contribution in [1.82, 2.24) is 14.5 Å². The summed E-state index contributed by atoms with van der Waals surface area (Å²) in [6.07, 6.45) is 4.32. The van der Waals surface area contributed by atoms with Crippen molar-refractivity contribution < 1.29 is 9.90 Å². The first kappa shape index (κ1) is 15.6.